The summed E-state index contributed by atoms with van der Waals surface area (Å²) in [6.45, 7) is 16.3. The van der Waals surface area contributed by atoms with E-state index in [4.69, 9.17) is 31.2 Å². The number of hydrogen-bond donors (Lipinski definition) is 12. The first kappa shape index (κ1) is 90.9. The summed E-state index contributed by atoms with van der Waals surface area (Å²) in [5.74, 6) is 1.04. The molecule has 0 fully saturated rings. The number of benzene rings is 5. The number of aliphatic hydroxyl groups is 3. The number of aromatic amines is 4. The van der Waals surface area contributed by atoms with Crippen molar-refractivity contribution in [2.45, 2.75) is 174 Å². The molecule has 4 atom stereocenters. The van der Waals surface area contributed by atoms with Crippen molar-refractivity contribution in [3.63, 3.8) is 0 Å². The van der Waals surface area contributed by atoms with Crippen LogP contribution >= 0.6 is 11.3 Å². The van der Waals surface area contributed by atoms with E-state index in [0.29, 0.717) is 36.6 Å². The quantitative estimate of drug-likeness (QED) is 0.0170. The number of hydrazone groups is 1. The number of nitrogens with two attached hydrogens (primary N) is 2. The predicted molar refractivity (Wildman–Crippen MR) is 538 cm³/mol. The third kappa shape index (κ3) is 21.1. The summed E-state index contributed by atoms with van der Waals surface area (Å²) in [5, 5.41) is 80.2. The molecule has 680 valence electrons. The molecule has 0 radical (unpaired) electrons. The zero-order chi connectivity index (χ0) is 91.9. The summed E-state index contributed by atoms with van der Waals surface area (Å²) in [4.78, 5) is 37.7. The number of aliphatic imine (C=N–C) groups is 1. The molecule has 6 aliphatic carbocycles. The summed E-state index contributed by atoms with van der Waals surface area (Å²) < 4.78 is 6.75. The van der Waals surface area contributed by atoms with Gasteiger partial charge in [-0.05, 0) is 301 Å². The number of ether oxygens (including phenoxy) is 1. The number of nitrogens with one attached hydrogen (secondary N) is 6. The number of aromatic nitrogens is 12. The van der Waals surface area contributed by atoms with Crippen LogP contribution in [0, 0.1) is 5.92 Å². The molecule has 5 aromatic carbocycles. The van der Waals surface area contributed by atoms with E-state index in [2.05, 4.69) is 171 Å². The third-order valence-electron chi connectivity index (χ3n) is 26.0. The fourth-order valence-corrected chi connectivity index (χ4v) is 20.1. The Morgan fingerprint density at radius 1 is 0.744 bits per heavy atom. The fourth-order valence-electron chi connectivity index (χ4n) is 19.4. The van der Waals surface area contributed by atoms with Crippen LogP contribution in [0.5, 0.6) is 5.75 Å². The Hall–Kier alpha value is -14.1. The number of fused-ring (bicyclic) bond motifs is 13. The zero-order valence-corrected chi connectivity index (χ0v) is 76.4. The Bertz CT molecular complexity index is 6910. The first-order chi connectivity index (χ1) is 65.0. The number of amides is 1. The van der Waals surface area contributed by atoms with Gasteiger partial charge in [-0.25, -0.2) is 19.9 Å². The number of phenolic OH excluding ortho intramolecular Hbond substituents is 1. The van der Waals surface area contributed by atoms with E-state index in [-0.39, 0.29) is 42.0 Å². The second-order valence-corrected chi connectivity index (χ2v) is 36.0. The molecule has 133 heavy (non-hydrogen) atoms. The van der Waals surface area contributed by atoms with Crippen LogP contribution in [0.1, 0.15) is 174 Å². The number of nitrogen functional groups attached to an aromatic ring is 1. The molecule has 25 nitrogen and oxygen atoms in total. The number of H-pyrrole nitrogens is 4. The van der Waals surface area contributed by atoms with Crippen molar-refractivity contribution in [1.82, 2.24) is 76.4 Å². The van der Waals surface area contributed by atoms with Gasteiger partial charge in [0.2, 0.25) is 5.91 Å². The van der Waals surface area contributed by atoms with E-state index < -0.39 is 0 Å². The van der Waals surface area contributed by atoms with Gasteiger partial charge in [0.1, 0.15) is 11.5 Å². The SMILES string of the molecule is C=C/C(O)=C\C=C\c1nc2ccc3[nH]ncc3c2c2c1COCC2.C=Cc1[nH]ncc1-c1cnc(-c2ccc(O)cc2)cc1CCC(C)NC(C)=O.CCCN(CCO)C1C=CC(CC2=C(C3=C(N)C=CC4NN=CC34)CCCC2)=CC1.Nc1nc2cc(C(=Nc3ccc4[nH]ncc4c3)C3=CCCCC3)ccc2s1.OC1=CC=C(c2nc3c(ccc4[nH]ncc43)c3c2CCCC3)CC1. The van der Waals surface area contributed by atoms with Crippen molar-refractivity contribution in [2.24, 2.45) is 21.7 Å². The Morgan fingerprint density at radius 2 is 1.53 bits per heavy atom. The van der Waals surface area contributed by atoms with Gasteiger partial charge in [-0.15, -0.1) is 0 Å². The van der Waals surface area contributed by atoms with Crippen molar-refractivity contribution < 1.29 is 30.0 Å². The minimum atomic E-state index is -0.0315. The van der Waals surface area contributed by atoms with Crippen LogP contribution < -0.4 is 22.2 Å². The number of carbonyl (C=O) groups excluding carboxylic acids is 1. The normalized spacial score (nSPS) is 17.9. The van der Waals surface area contributed by atoms with E-state index in [0.717, 1.165) is 223 Å². The minimum absolute atomic E-state index is 0.0315. The molecule has 0 bridgehead atoms. The molecular formula is C107H115N19O6S. The Balaban J connectivity index is 0.000000116. The fraction of sp³-hybridized carbons (Fsp3) is 0.299. The number of rotatable bonds is 22. The van der Waals surface area contributed by atoms with Gasteiger partial charge in [0.15, 0.2) is 5.13 Å². The Morgan fingerprint density at radius 3 is 2.32 bits per heavy atom. The molecule has 21 rings (SSSR count). The molecule has 10 heterocycles. The van der Waals surface area contributed by atoms with E-state index in [9.17, 15) is 25.2 Å². The van der Waals surface area contributed by atoms with Gasteiger partial charge >= 0.3 is 0 Å². The van der Waals surface area contributed by atoms with Crippen LogP contribution in [0.3, 0.4) is 0 Å². The molecule has 8 aliphatic rings. The lowest BCUT2D eigenvalue weighted by molar-refractivity contribution is -0.119. The lowest BCUT2D eigenvalue weighted by Crippen LogP contribution is -2.37. The summed E-state index contributed by atoms with van der Waals surface area (Å²) in [6.07, 6.45) is 58.3. The smallest absolute Gasteiger partial charge is 0.217 e. The van der Waals surface area contributed by atoms with E-state index in [1.807, 2.05) is 92.6 Å². The van der Waals surface area contributed by atoms with Gasteiger partial charge in [-0.1, -0.05) is 91.7 Å². The molecule has 0 spiro atoms. The number of aryl methyl sites for hydroxylation is 2. The molecule has 8 aromatic heterocycles. The average Bonchev–Trinajstić information content (AvgIpc) is 1.74. The molecule has 1 amide bonds. The van der Waals surface area contributed by atoms with Gasteiger partial charge in [0.25, 0.3) is 0 Å². The van der Waals surface area contributed by atoms with Gasteiger partial charge in [0, 0.05) is 111 Å². The maximum Gasteiger partial charge on any atom is 0.217 e. The largest absolute Gasteiger partial charge is 0.512 e. The second kappa shape index (κ2) is 42.4. The molecule has 0 saturated heterocycles. The molecule has 13 aromatic rings. The molecule has 4 unspecified atom stereocenters. The molecule has 14 N–H and O–H groups in total. The van der Waals surface area contributed by atoms with Gasteiger partial charge in [-0.2, -0.15) is 25.5 Å². The third-order valence-corrected chi connectivity index (χ3v) is 26.9. The summed E-state index contributed by atoms with van der Waals surface area (Å²) in [5.41, 5.74) is 46.8. The molecule has 0 saturated carbocycles. The first-order valence-corrected chi connectivity index (χ1v) is 47.3. The number of carbonyl (C=O) groups is 1. The summed E-state index contributed by atoms with van der Waals surface area (Å²) >= 11 is 1.52. The lowest BCUT2D eigenvalue weighted by atomic mass is 9.76. The number of pyridine rings is 3. The number of nitrogens with zero attached hydrogens (tertiary/aromatic N) is 11. The van der Waals surface area contributed by atoms with Crippen LogP contribution in [-0.2, 0) is 41.8 Å². The highest BCUT2D eigenvalue weighted by atomic mass is 32.1. The summed E-state index contributed by atoms with van der Waals surface area (Å²) in [6, 6.07) is 30.5. The van der Waals surface area contributed by atoms with E-state index in [1.165, 1.54) is 119 Å². The van der Waals surface area contributed by atoms with E-state index >= 15 is 0 Å². The van der Waals surface area contributed by atoms with Crippen LogP contribution in [0.4, 0.5) is 10.8 Å². The highest BCUT2D eigenvalue weighted by molar-refractivity contribution is 7.22. The van der Waals surface area contributed by atoms with Crippen molar-refractivity contribution in [2.75, 3.05) is 32.0 Å². The van der Waals surface area contributed by atoms with Gasteiger partial charge in [-0.3, -0.25) is 35.1 Å². The minimum Gasteiger partial charge on any atom is -0.512 e. The number of hydrogen-bond acceptors (Lipinski definition) is 21. The Labute approximate surface area is 777 Å². The molecule has 2 aliphatic heterocycles. The highest BCUT2D eigenvalue weighted by Gasteiger charge is 2.34. The average molecular weight is 1800 g/mol. The summed E-state index contributed by atoms with van der Waals surface area (Å²) in [7, 11) is 0. The van der Waals surface area contributed by atoms with Crippen molar-refractivity contribution in [3.05, 3.63) is 298 Å². The van der Waals surface area contributed by atoms with Crippen molar-refractivity contribution >= 4 is 122 Å². The number of anilines is 1. The number of allylic oxidation sites excluding steroid dienone is 14. The van der Waals surface area contributed by atoms with Crippen LogP contribution in [0.2, 0.25) is 0 Å². The van der Waals surface area contributed by atoms with Gasteiger partial charge in [0.05, 0.1) is 128 Å². The second-order valence-electron chi connectivity index (χ2n) is 35.0. The number of aliphatic hydroxyl groups excluding tert-OH is 3. The Kier molecular flexibility index (Phi) is 29.0. The topological polar surface area (TPSA) is 378 Å². The van der Waals surface area contributed by atoms with Gasteiger partial charge < -0.3 is 47.4 Å². The van der Waals surface area contributed by atoms with Crippen molar-refractivity contribution in [3.8, 4) is 28.1 Å². The highest BCUT2D eigenvalue weighted by Crippen LogP contribution is 2.44. The number of phenols is 1. The maximum atomic E-state index is 11.3. The van der Waals surface area contributed by atoms with Crippen LogP contribution in [-0.4, -0.2) is 148 Å². The standard InChI is InChI=1S/C25H36N4O.C22H24N4O2.C21H19N5S.C20H19N3O.C19H17N3O2/c1-2-13-29(14-15-30)20-9-7-18(8-10-20)16-19-5-3-4-6-21(19)25-22-17-27-28-24(22)12-11-23(25)26;1-4-21-20(13-24-26-21)19-12-23-22(16-7-9-18(28)10-8-16)11-17(19)6-5-14(2)25-15(3)27;22-21-25-18-11-14(6-9-19(18)27-21)20(13-4-2-1-3-5-13)24-16-7-8-17-15(10-16)12-23-26-17;24-13-7-5-12(6-8-13)19-15-4-2-1-3-14(15)16-9-10-18-17(11-21-23-18)20(16)22-19;1-2-12(23)4-3-5-16-15-11-24-9-8-13(15)19-14-10-20-22-17(14)6-7-18(19)21-16/h7-9,11-12,17,20,22,24,28,30H,2-6,10,13-16,26H2,1H3;4,7-14,28H,1,5-6H2,2-3H3,(H,24,26)(H,25,27);4,6-12H,1-3,5H2,(H2,22,25)(H,23,26);5,7,9-11,24H,1-4,6,8H2,(H,21,23);2-7,10,23H,1,8-9,11H2,(H,20,22)/b;;;;5-3+,12-4+. The first-order valence-electron chi connectivity index (χ1n) is 46.4. The van der Waals surface area contributed by atoms with Crippen molar-refractivity contribution in [1.29, 1.82) is 0 Å². The van der Waals surface area contributed by atoms with E-state index in [1.54, 1.807) is 42.1 Å². The molecular weight excluding hydrogens is 1680 g/mol. The lowest BCUT2D eigenvalue weighted by Gasteiger charge is -2.32. The number of aromatic hydroxyl groups is 1. The maximum absolute atomic E-state index is 11.3. The molecule has 26 heteroatoms. The predicted octanol–water partition coefficient (Wildman–Crippen LogP) is 21.3. The number of thiazole rings is 1. The van der Waals surface area contributed by atoms with Crippen LogP contribution in [0.15, 0.2) is 257 Å². The zero-order valence-electron chi connectivity index (χ0n) is 75.6. The monoisotopic (exact) mass is 1790 g/mol. The van der Waals surface area contributed by atoms with Crippen LogP contribution in [0.25, 0.3) is 105 Å².